The van der Waals surface area contributed by atoms with Crippen molar-refractivity contribution in [2.24, 2.45) is 11.8 Å². The monoisotopic (exact) mass is 321 g/mol. The van der Waals surface area contributed by atoms with E-state index in [-0.39, 0.29) is 0 Å². The Balaban J connectivity index is 1.71. The zero-order valence-corrected chi connectivity index (χ0v) is 12.4. The maximum Gasteiger partial charge on any atom is 0.0300 e. The Morgan fingerprint density at radius 3 is 2.94 bits per heavy atom. The molecule has 0 amide bonds. The second-order valence-electron chi connectivity index (χ2n) is 4.47. The third-order valence-corrected chi connectivity index (χ3v) is 5.44. The minimum Gasteiger partial charge on any atom is -0.312 e. The lowest BCUT2D eigenvalue weighted by Gasteiger charge is -2.17. The van der Waals surface area contributed by atoms with E-state index in [1.54, 1.807) is 11.3 Å². The summed E-state index contributed by atoms with van der Waals surface area (Å²) < 4.78 is 1.19. The molecule has 4 heteroatoms. The molecule has 1 fully saturated rings. The number of hydrogen-bond donors (Lipinski definition) is 1. The quantitative estimate of drug-likeness (QED) is 0.799. The Kier molecular flexibility index (Phi) is 5.14. The van der Waals surface area contributed by atoms with Crippen molar-refractivity contribution in [2.45, 2.75) is 25.8 Å². The number of alkyl halides is 1. The molecule has 1 aromatic heterocycles. The van der Waals surface area contributed by atoms with Gasteiger partial charge in [-0.1, -0.05) is 6.42 Å². The second-order valence-corrected chi connectivity index (χ2v) is 6.69. The highest BCUT2D eigenvalue weighted by molar-refractivity contribution is 9.10. The van der Waals surface area contributed by atoms with Crippen LogP contribution in [0.1, 0.15) is 24.1 Å². The van der Waals surface area contributed by atoms with Gasteiger partial charge in [0.05, 0.1) is 0 Å². The predicted octanol–water partition coefficient (Wildman–Crippen LogP) is 4.26. The van der Waals surface area contributed by atoms with Crippen molar-refractivity contribution in [1.29, 1.82) is 0 Å². The SMILES string of the molecule is ClCC1CCCC1CNCc1cc(Br)cs1. The van der Waals surface area contributed by atoms with Crippen LogP contribution in [0.25, 0.3) is 0 Å². The summed E-state index contributed by atoms with van der Waals surface area (Å²) in [6.07, 6.45) is 4.02. The minimum atomic E-state index is 0.740. The van der Waals surface area contributed by atoms with Crippen LogP contribution in [-0.4, -0.2) is 12.4 Å². The van der Waals surface area contributed by atoms with Crippen LogP contribution in [0.3, 0.4) is 0 Å². The number of hydrogen-bond acceptors (Lipinski definition) is 2. The van der Waals surface area contributed by atoms with Crippen LogP contribution < -0.4 is 5.32 Å². The van der Waals surface area contributed by atoms with E-state index in [0.29, 0.717) is 0 Å². The minimum absolute atomic E-state index is 0.740. The molecule has 1 aliphatic rings. The van der Waals surface area contributed by atoms with Gasteiger partial charge < -0.3 is 5.32 Å². The van der Waals surface area contributed by atoms with Crippen molar-refractivity contribution in [3.63, 3.8) is 0 Å². The zero-order valence-electron chi connectivity index (χ0n) is 9.22. The predicted molar refractivity (Wildman–Crippen MR) is 75.3 cm³/mol. The molecule has 1 heterocycles. The fourth-order valence-corrected chi connectivity index (χ4v) is 4.24. The molecule has 2 rings (SSSR count). The van der Waals surface area contributed by atoms with Crippen LogP contribution in [0.15, 0.2) is 15.9 Å². The van der Waals surface area contributed by atoms with E-state index in [1.165, 1.54) is 28.6 Å². The van der Waals surface area contributed by atoms with Gasteiger partial charge in [0.15, 0.2) is 0 Å². The summed E-state index contributed by atoms with van der Waals surface area (Å²) in [5, 5.41) is 5.69. The Morgan fingerprint density at radius 1 is 1.44 bits per heavy atom. The number of rotatable bonds is 5. The maximum absolute atomic E-state index is 5.97. The molecule has 1 aromatic rings. The smallest absolute Gasteiger partial charge is 0.0300 e. The average Bonchev–Trinajstić information content (AvgIpc) is 2.87. The number of nitrogens with one attached hydrogen (secondary N) is 1. The summed E-state index contributed by atoms with van der Waals surface area (Å²) in [6.45, 7) is 2.11. The summed E-state index contributed by atoms with van der Waals surface area (Å²) in [7, 11) is 0. The summed E-state index contributed by atoms with van der Waals surface area (Å²) in [4.78, 5) is 1.40. The third kappa shape index (κ3) is 3.46. The first kappa shape index (κ1) is 12.9. The molecule has 0 spiro atoms. The van der Waals surface area contributed by atoms with Crippen LogP contribution >= 0.6 is 38.9 Å². The largest absolute Gasteiger partial charge is 0.312 e. The summed E-state index contributed by atoms with van der Waals surface area (Å²) >= 11 is 11.2. The molecule has 16 heavy (non-hydrogen) atoms. The van der Waals surface area contributed by atoms with Crippen LogP contribution in [0.4, 0.5) is 0 Å². The Hall–Kier alpha value is 0.430. The first-order valence-corrected chi connectivity index (χ1v) is 8.00. The molecular weight excluding hydrogens is 306 g/mol. The van der Waals surface area contributed by atoms with E-state index in [1.807, 2.05) is 0 Å². The molecule has 1 N–H and O–H groups in total. The fraction of sp³-hybridized carbons (Fsp3) is 0.667. The Bertz CT molecular complexity index is 329. The van der Waals surface area contributed by atoms with Gasteiger partial charge in [0.1, 0.15) is 0 Å². The molecule has 0 saturated heterocycles. The average molecular weight is 323 g/mol. The van der Waals surface area contributed by atoms with Gasteiger partial charge >= 0.3 is 0 Å². The third-order valence-electron chi connectivity index (χ3n) is 3.34. The molecule has 2 unspecified atom stereocenters. The Labute approximate surface area is 115 Å². The molecule has 0 bridgehead atoms. The molecule has 2 atom stereocenters. The molecule has 0 aliphatic heterocycles. The van der Waals surface area contributed by atoms with E-state index < -0.39 is 0 Å². The lowest BCUT2D eigenvalue weighted by atomic mass is 9.98. The molecule has 90 valence electrons. The standard InChI is InChI=1S/C12H17BrClNS/c13-11-4-12(16-8-11)7-15-6-10-3-1-2-9(10)5-14/h4,8-10,15H,1-3,5-7H2. The van der Waals surface area contributed by atoms with Crippen LogP contribution in [-0.2, 0) is 6.54 Å². The van der Waals surface area contributed by atoms with E-state index >= 15 is 0 Å². The number of thiophene rings is 1. The van der Waals surface area contributed by atoms with E-state index in [0.717, 1.165) is 30.8 Å². The molecule has 1 aliphatic carbocycles. The molecule has 1 nitrogen and oxygen atoms in total. The van der Waals surface area contributed by atoms with Crippen molar-refractivity contribution in [3.8, 4) is 0 Å². The molecule has 1 saturated carbocycles. The van der Waals surface area contributed by atoms with Crippen molar-refractivity contribution >= 4 is 38.9 Å². The Morgan fingerprint density at radius 2 is 2.25 bits per heavy atom. The summed E-state index contributed by atoms with van der Waals surface area (Å²) in [5.41, 5.74) is 0. The lowest BCUT2D eigenvalue weighted by Crippen LogP contribution is -2.25. The normalized spacial score (nSPS) is 25.1. The zero-order chi connectivity index (χ0) is 11.4. The fourth-order valence-electron chi connectivity index (χ4n) is 2.41. The van der Waals surface area contributed by atoms with Gasteiger partial charge in [-0.25, -0.2) is 0 Å². The molecule has 0 aromatic carbocycles. The van der Waals surface area contributed by atoms with E-state index in [2.05, 4.69) is 32.7 Å². The van der Waals surface area contributed by atoms with Crippen LogP contribution in [0.2, 0.25) is 0 Å². The lowest BCUT2D eigenvalue weighted by molar-refractivity contribution is 0.396. The van der Waals surface area contributed by atoms with Gasteiger partial charge in [-0.2, -0.15) is 0 Å². The van der Waals surface area contributed by atoms with Gasteiger partial charge in [-0.15, -0.1) is 22.9 Å². The van der Waals surface area contributed by atoms with Gasteiger partial charge in [-0.3, -0.25) is 0 Å². The van der Waals surface area contributed by atoms with Crippen molar-refractivity contribution in [3.05, 3.63) is 20.8 Å². The van der Waals surface area contributed by atoms with E-state index in [9.17, 15) is 0 Å². The highest BCUT2D eigenvalue weighted by Crippen LogP contribution is 2.32. The highest BCUT2D eigenvalue weighted by Gasteiger charge is 2.25. The molecule has 0 radical (unpaired) electrons. The van der Waals surface area contributed by atoms with Crippen LogP contribution in [0.5, 0.6) is 0 Å². The first-order chi connectivity index (χ1) is 7.79. The van der Waals surface area contributed by atoms with Crippen molar-refractivity contribution < 1.29 is 0 Å². The topological polar surface area (TPSA) is 12.0 Å². The van der Waals surface area contributed by atoms with Gasteiger partial charge in [-0.05, 0) is 53.2 Å². The maximum atomic E-state index is 5.97. The van der Waals surface area contributed by atoms with E-state index in [4.69, 9.17) is 11.6 Å². The summed E-state index contributed by atoms with van der Waals surface area (Å²) in [5.74, 6) is 2.36. The first-order valence-electron chi connectivity index (χ1n) is 5.79. The highest BCUT2D eigenvalue weighted by atomic mass is 79.9. The molecular formula is C12H17BrClNS. The number of halogens is 2. The van der Waals surface area contributed by atoms with Gasteiger partial charge in [0.2, 0.25) is 0 Å². The summed E-state index contributed by atoms with van der Waals surface area (Å²) in [6, 6.07) is 2.19. The van der Waals surface area contributed by atoms with Crippen molar-refractivity contribution in [2.75, 3.05) is 12.4 Å². The van der Waals surface area contributed by atoms with Crippen LogP contribution in [0, 0.1) is 11.8 Å². The van der Waals surface area contributed by atoms with Gasteiger partial charge in [0, 0.05) is 27.2 Å². The van der Waals surface area contributed by atoms with Crippen molar-refractivity contribution in [1.82, 2.24) is 5.32 Å². The second kappa shape index (κ2) is 6.39. The van der Waals surface area contributed by atoms with Gasteiger partial charge in [0.25, 0.3) is 0 Å².